The van der Waals surface area contributed by atoms with E-state index in [2.05, 4.69) is 9.55 Å². The molecule has 0 atom stereocenters. The second-order valence-electron chi connectivity index (χ2n) is 8.68. The van der Waals surface area contributed by atoms with E-state index in [4.69, 9.17) is 5.73 Å². The van der Waals surface area contributed by atoms with E-state index in [0.29, 0.717) is 34.2 Å². The van der Waals surface area contributed by atoms with Gasteiger partial charge in [-0.2, -0.15) is 0 Å². The van der Waals surface area contributed by atoms with Gasteiger partial charge in [0.1, 0.15) is 10.8 Å². The topological polar surface area (TPSA) is 98.2 Å². The fraction of sp³-hybridized carbons (Fsp3) is 0.423. The summed E-state index contributed by atoms with van der Waals surface area (Å²) in [5, 5.41) is 12.1. The Bertz CT molecular complexity index is 1130. The average Bonchev–Trinajstić information content (AvgIpc) is 3.41. The quantitative estimate of drug-likeness (QED) is 0.412. The van der Waals surface area contributed by atoms with Crippen molar-refractivity contribution in [3.8, 4) is 22.0 Å². The predicted molar refractivity (Wildman–Crippen MR) is 133 cm³/mol. The Morgan fingerprint density at radius 1 is 1.24 bits per heavy atom. The van der Waals surface area contributed by atoms with Crippen molar-refractivity contribution in [1.29, 1.82) is 0 Å². The summed E-state index contributed by atoms with van der Waals surface area (Å²) in [5.74, 6) is -0.878. The molecule has 1 aromatic carbocycles. The first kappa shape index (κ1) is 25.6. The molecule has 3 aromatic rings. The molecule has 1 aliphatic rings. The number of nitrogens with zero attached hydrogens (tertiary/aromatic N) is 2. The van der Waals surface area contributed by atoms with E-state index in [1.54, 1.807) is 24.3 Å². The summed E-state index contributed by atoms with van der Waals surface area (Å²) in [7, 11) is 0. The average molecular weight is 486 g/mol. The molecule has 8 heteroatoms. The lowest BCUT2D eigenvalue weighted by atomic mass is 9.89. The largest absolute Gasteiger partial charge is 0.478 e. The third-order valence-corrected chi connectivity index (χ3v) is 7.01. The Morgan fingerprint density at radius 3 is 2.53 bits per heavy atom. The van der Waals surface area contributed by atoms with Crippen molar-refractivity contribution < 1.29 is 19.1 Å². The molecule has 0 unspecified atom stereocenters. The minimum absolute atomic E-state index is 0.211. The smallest absolute Gasteiger partial charge is 0.337 e. The molecule has 0 aliphatic heterocycles. The van der Waals surface area contributed by atoms with Gasteiger partial charge >= 0.3 is 5.97 Å². The maximum Gasteiger partial charge on any atom is 0.337 e. The van der Waals surface area contributed by atoms with Gasteiger partial charge in [0.15, 0.2) is 0 Å². The highest BCUT2D eigenvalue weighted by molar-refractivity contribution is 7.13. The number of carbonyl (C=O) groups excluding carboxylic acids is 1. The number of carbonyl (C=O) groups is 2. The van der Waals surface area contributed by atoms with Crippen molar-refractivity contribution >= 4 is 23.2 Å². The lowest BCUT2D eigenvalue weighted by Crippen LogP contribution is -2.16. The number of nitrogens with two attached hydrogens (primary N) is 1. The maximum atomic E-state index is 14.1. The maximum absolute atomic E-state index is 14.1. The molecule has 1 amide bonds. The van der Waals surface area contributed by atoms with Crippen LogP contribution in [-0.2, 0) is 11.3 Å². The van der Waals surface area contributed by atoms with Crippen LogP contribution in [0, 0.1) is 18.7 Å². The first-order valence-electron chi connectivity index (χ1n) is 11.7. The Morgan fingerprint density at radius 2 is 1.94 bits per heavy atom. The number of primary amides is 1. The molecule has 3 N–H and O–H groups in total. The molecule has 1 aliphatic carbocycles. The SMILES string of the molecule is CCCC(N)=O.Cc1c(C(=O)O)cc(-c2csc(-c3ccccc3F)n2)n1CC1CCCCC1. The second-order valence-corrected chi connectivity index (χ2v) is 9.54. The highest BCUT2D eigenvalue weighted by atomic mass is 32.1. The molecular weight excluding hydrogens is 453 g/mol. The third kappa shape index (κ3) is 6.32. The number of hydrogen-bond acceptors (Lipinski definition) is 4. The van der Waals surface area contributed by atoms with E-state index >= 15 is 0 Å². The molecule has 0 radical (unpaired) electrons. The molecule has 2 heterocycles. The van der Waals surface area contributed by atoms with Crippen LogP contribution in [0.4, 0.5) is 4.39 Å². The van der Waals surface area contributed by atoms with Gasteiger partial charge in [0.2, 0.25) is 5.91 Å². The first-order chi connectivity index (χ1) is 16.3. The van der Waals surface area contributed by atoms with Crippen LogP contribution in [0.2, 0.25) is 0 Å². The number of amides is 1. The van der Waals surface area contributed by atoms with Gasteiger partial charge in [-0.05, 0) is 50.3 Å². The van der Waals surface area contributed by atoms with E-state index in [-0.39, 0.29) is 11.7 Å². The molecular formula is C26H32FN3O3S. The number of aromatic nitrogens is 2. The molecule has 1 saturated carbocycles. The molecule has 4 rings (SSSR count). The van der Waals surface area contributed by atoms with Crippen LogP contribution in [0.15, 0.2) is 35.7 Å². The van der Waals surface area contributed by atoms with Gasteiger partial charge in [0, 0.05) is 29.6 Å². The fourth-order valence-electron chi connectivity index (χ4n) is 4.33. The van der Waals surface area contributed by atoms with E-state index in [0.717, 1.165) is 24.4 Å². The van der Waals surface area contributed by atoms with Crippen LogP contribution in [0.5, 0.6) is 0 Å². The van der Waals surface area contributed by atoms with E-state index in [1.165, 1.54) is 49.5 Å². The molecule has 6 nitrogen and oxygen atoms in total. The summed E-state index contributed by atoms with van der Waals surface area (Å²) in [6, 6.07) is 8.30. The summed E-state index contributed by atoms with van der Waals surface area (Å²) >= 11 is 1.38. The Labute approximate surface area is 203 Å². The summed E-state index contributed by atoms with van der Waals surface area (Å²) in [5.41, 5.74) is 7.81. The van der Waals surface area contributed by atoms with Crippen molar-refractivity contribution in [1.82, 2.24) is 9.55 Å². The minimum atomic E-state index is -0.925. The number of rotatable bonds is 7. The highest BCUT2D eigenvalue weighted by Crippen LogP contribution is 2.34. The van der Waals surface area contributed by atoms with Crippen molar-refractivity contribution in [3.63, 3.8) is 0 Å². The zero-order valence-corrected chi connectivity index (χ0v) is 20.5. The summed E-state index contributed by atoms with van der Waals surface area (Å²) in [4.78, 5) is 26.2. The first-order valence-corrected chi connectivity index (χ1v) is 12.6. The van der Waals surface area contributed by atoms with Crippen LogP contribution in [-0.4, -0.2) is 26.5 Å². The number of thiazole rings is 1. The van der Waals surface area contributed by atoms with Gasteiger partial charge in [0.05, 0.1) is 17.0 Å². The highest BCUT2D eigenvalue weighted by Gasteiger charge is 2.23. The molecule has 182 valence electrons. The monoisotopic (exact) mass is 485 g/mol. The number of benzene rings is 1. The van der Waals surface area contributed by atoms with E-state index in [9.17, 15) is 19.1 Å². The zero-order chi connectivity index (χ0) is 24.7. The molecule has 34 heavy (non-hydrogen) atoms. The molecule has 0 bridgehead atoms. The number of hydrogen-bond donors (Lipinski definition) is 2. The molecule has 2 aromatic heterocycles. The van der Waals surface area contributed by atoms with Crippen LogP contribution < -0.4 is 5.73 Å². The number of aromatic carboxylic acids is 1. The normalized spacial score (nSPS) is 13.9. The van der Waals surface area contributed by atoms with Gasteiger partial charge in [-0.3, -0.25) is 4.79 Å². The van der Waals surface area contributed by atoms with Gasteiger partial charge in [0.25, 0.3) is 0 Å². The van der Waals surface area contributed by atoms with E-state index < -0.39 is 5.97 Å². The lowest BCUT2D eigenvalue weighted by Gasteiger charge is -2.24. The minimum Gasteiger partial charge on any atom is -0.478 e. The molecule has 0 saturated heterocycles. The third-order valence-electron chi connectivity index (χ3n) is 6.13. The number of halogens is 1. The summed E-state index contributed by atoms with van der Waals surface area (Å²) in [6.45, 7) is 4.59. The van der Waals surface area contributed by atoms with Crippen molar-refractivity contribution in [3.05, 3.63) is 52.8 Å². The second kappa shape index (κ2) is 11.9. The Balaban J connectivity index is 0.000000481. The standard InChI is InChI=1S/C22H23FN2O2S.C4H9NO/c1-14-17(22(26)27)11-20(25(14)12-15-7-3-2-4-8-15)19-13-28-21(24-19)16-9-5-6-10-18(16)23;1-2-3-4(5)6/h5-6,9-11,13,15H,2-4,7-8,12H2,1H3,(H,26,27);2-3H2,1H3,(H2,5,6). The van der Waals surface area contributed by atoms with Crippen LogP contribution in [0.3, 0.4) is 0 Å². The fourth-order valence-corrected chi connectivity index (χ4v) is 5.17. The predicted octanol–water partition coefficient (Wildman–Crippen LogP) is 6.28. The summed E-state index contributed by atoms with van der Waals surface area (Å²) in [6.07, 6.45) is 7.48. The van der Waals surface area contributed by atoms with Gasteiger partial charge in [-0.25, -0.2) is 14.2 Å². The summed E-state index contributed by atoms with van der Waals surface area (Å²) < 4.78 is 16.2. The zero-order valence-electron chi connectivity index (χ0n) is 19.7. The van der Waals surface area contributed by atoms with Crippen molar-refractivity contribution in [2.24, 2.45) is 11.7 Å². The van der Waals surface area contributed by atoms with Gasteiger partial charge < -0.3 is 15.4 Å². The van der Waals surface area contributed by atoms with Crippen LogP contribution in [0.25, 0.3) is 22.0 Å². The lowest BCUT2D eigenvalue weighted by molar-refractivity contribution is -0.118. The number of carboxylic acids is 1. The number of carboxylic acid groups (broad SMARTS) is 1. The molecule has 1 fully saturated rings. The Kier molecular flexibility index (Phi) is 8.98. The van der Waals surface area contributed by atoms with Crippen molar-refractivity contribution in [2.75, 3.05) is 0 Å². The van der Waals surface area contributed by atoms with Crippen LogP contribution >= 0.6 is 11.3 Å². The molecule has 0 spiro atoms. The van der Waals surface area contributed by atoms with Crippen LogP contribution in [0.1, 0.15) is 67.9 Å². The van der Waals surface area contributed by atoms with Gasteiger partial charge in [-0.15, -0.1) is 11.3 Å². The van der Waals surface area contributed by atoms with E-state index in [1.807, 2.05) is 19.2 Å². The van der Waals surface area contributed by atoms with Crippen molar-refractivity contribution in [2.45, 2.75) is 65.3 Å². The Hall–Kier alpha value is -3.00. The van der Waals surface area contributed by atoms with Gasteiger partial charge in [-0.1, -0.05) is 38.3 Å².